The molecule has 0 aromatic carbocycles. The monoisotopic (exact) mass is 382 g/mol. The molecule has 0 fully saturated rings. The van der Waals surface area contributed by atoms with Crippen molar-refractivity contribution in [3.05, 3.63) is 16.0 Å². The van der Waals surface area contributed by atoms with Crippen LogP contribution >= 0.6 is 11.3 Å². The van der Waals surface area contributed by atoms with E-state index in [0.29, 0.717) is 43.1 Å². The summed E-state index contributed by atoms with van der Waals surface area (Å²) in [5, 5.41) is 3.37. The van der Waals surface area contributed by atoms with Crippen molar-refractivity contribution in [2.45, 2.75) is 53.0 Å². The van der Waals surface area contributed by atoms with Gasteiger partial charge in [0, 0.05) is 17.8 Å². The summed E-state index contributed by atoms with van der Waals surface area (Å²) in [6, 6.07) is 0. The molecular weight excluding hydrogens is 356 g/mol. The Morgan fingerprint density at radius 3 is 2.54 bits per heavy atom. The number of hydrogen-bond acceptors (Lipinski definition) is 6. The van der Waals surface area contributed by atoms with Crippen LogP contribution in [0.2, 0.25) is 0 Å². The van der Waals surface area contributed by atoms with Crippen molar-refractivity contribution >= 4 is 34.3 Å². The van der Waals surface area contributed by atoms with Gasteiger partial charge in [0.05, 0.1) is 25.3 Å². The first-order chi connectivity index (χ1) is 12.5. The second kappa shape index (κ2) is 9.56. The standard InChI is InChI=1S/C18H26N2O5S/c1-4-7-8-14(21)19-16-15(17(22)24-5-2)12-9-10-20(11-13(12)26-16)18(23)25-6-3/h4-11H2,1-3H3,(H,19,21). The minimum absolute atomic E-state index is 0.113. The van der Waals surface area contributed by atoms with Crippen molar-refractivity contribution in [1.82, 2.24) is 4.90 Å². The maximum atomic E-state index is 12.4. The van der Waals surface area contributed by atoms with Crippen molar-refractivity contribution in [3.63, 3.8) is 0 Å². The van der Waals surface area contributed by atoms with Crippen LogP contribution in [-0.4, -0.2) is 42.6 Å². The molecule has 1 aromatic rings. The van der Waals surface area contributed by atoms with Crippen LogP contribution in [0.25, 0.3) is 0 Å². The quantitative estimate of drug-likeness (QED) is 0.729. The van der Waals surface area contributed by atoms with Gasteiger partial charge in [0.1, 0.15) is 5.00 Å². The first-order valence-corrected chi connectivity index (χ1v) is 9.86. The van der Waals surface area contributed by atoms with Crippen LogP contribution in [0.5, 0.6) is 0 Å². The summed E-state index contributed by atoms with van der Waals surface area (Å²) in [6.07, 6.45) is 2.30. The van der Waals surface area contributed by atoms with Crippen LogP contribution in [0, 0.1) is 0 Å². The largest absolute Gasteiger partial charge is 0.462 e. The first kappa shape index (κ1) is 20.2. The molecule has 144 valence electrons. The van der Waals surface area contributed by atoms with E-state index in [0.717, 1.165) is 23.3 Å². The Labute approximate surface area is 157 Å². The van der Waals surface area contributed by atoms with Gasteiger partial charge in [0.15, 0.2) is 0 Å². The van der Waals surface area contributed by atoms with Gasteiger partial charge >= 0.3 is 12.1 Å². The second-order valence-corrected chi connectivity index (χ2v) is 7.06. The number of hydrogen-bond donors (Lipinski definition) is 1. The highest BCUT2D eigenvalue weighted by molar-refractivity contribution is 7.17. The molecule has 7 nitrogen and oxygen atoms in total. The summed E-state index contributed by atoms with van der Waals surface area (Å²) in [4.78, 5) is 39.1. The van der Waals surface area contributed by atoms with Gasteiger partial charge in [-0.15, -0.1) is 11.3 Å². The number of thiophene rings is 1. The molecule has 0 aliphatic carbocycles. The Balaban J connectivity index is 2.26. The SMILES string of the molecule is CCCCC(=O)Nc1sc2c(c1C(=O)OCC)CCN(C(=O)OCC)C2. The number of rotatable bonds is 7. The third-order valence-corrected chi connectivity index (χ3v) is 5.20. The van der Waals surface area contributed by atoms with E-state index in [1.807, 2.05) is 6.92 Å². The molecule has 8 heteroatoms. The molecule has 0 spiro atoms. The fraction of sp³-hybridized carbons (Fsp3) is 0.611. The van der Waals surface area contributed by atoms with Crippen molar-refractivity contribution < 1.29 is 23.9 Å². The number of carbonyl (C=O) groups excluding carboxylic acids is 3. The van der Waals surface area contributed by atoms with E-state index >= 15 is 0 Å². The van der Waals surface area contributed by atoms with E-state index in [4.69, 9.17) is 9.47 Å². The molecule has 1 aromatic heterocycles. The molecule has 1 aliphatic rings. The number of unbranched alkanes of at least 4 members (excludes halogenated alkanes) is 1. The van der Waals surface area contributed by atoms with Gasteiger partial charge in [0.2, 0.25) is 5.91 Å². The lowest BCUT2D eigenvalue weighted by molar-refractivity contribution is -0.116. The lowest BCUT2D eigenvalue weighted by Gasteiger charge is -2.26. The molecule has 2 rings (SSSR count). The van der Waals surface area contributed by atoms with Crippen molar-refractivity contribution in [2.24, 2.45) is 0 Å². The average Bonchev–Trinajstić information content (AvgIpc) is 2.97. The Hall–Kier alpha value is -2.09. The zero-order valence-corrected chi connectivity index (χ0v) is 16.4. The van der Waals surface area contributed by atoms with Gasteiger partial charge in [-0.2, -0.15) is 0 Å². The maximum Gasteiger partial charge on any atom is 0.410 e. The number of anilines is 1. The molecule has 0 bridgehead atoms. The highest BCUT2D eigenvalue weighted by Gasteiger charge is 2.31. The summed E-state index contributed by atoms with van der Waals surface area (Å²) >= 11 is 1.33. The lowest BCUT2D eigenvalue weighted by atomic mass is 10.0. The molecule has 0 atom stereocenters. The fourth-order valence-electron chi connectivity index (χ4n) is 2.81. The number of carbonyl (C=O) groups is 3. The van der Waals surface area contributed by atoms with Crippen LogP contribution < -0.4 is 5.32 Å². The van der Waals surface area contributed by atoms with Gasteiger partial charge < -0.3 is 19.7 Å². The highest BCUT2D eigenvalue weighted by Crippen LogP contribution is 2.38. The van der Waals surface area contributed by atoms with Gasteiger partial charge in [-0.3, -0.25) is 4.79 Å². The third kappa shape index (κ3) is 4.75. The zero-order chi connectivity index (χ0) is 19.1. The van der Waals surface area contributed by atoms with Crippen molar-refractivity contribution in [3.8, 4) is 0 Å². The van der Waals surface area contributed by atoms with Crippen LogP contribution in [-0.2, 0) is 27.2 Å². The normalized spacial score (nSPS) is 13.1. The van der Waals surface area contributed by atoms with Gasteiger partial charge in [-0.05, 0) is 32.3 Å². The molecule has 26 heavy (non-hydrogen) atoms. The molecule has 1 aliphatic heterocycles. The van der Waals surface area contributed by atoms with Crippen molar-refractivity contribution in [2.75, 3.05) is 25.1 Å². The fourth-order valence-corrected chi connectivity index (χ4v) is 4.08. The van der Waals surface area contributed by atoms with E-state index < -0.39 is 5.97 Å². The summed E-state index contributed by atoms with van der Waals surface area (Å²) in [6.45, 7) is 6.96. The molecule has 2 heterocycles. The van der Waals surface area contributed by atoms with Crippen molar-refractivity contribution in [1.29, 1.82) is 0 Å². The Kier molecular flexibility index (Phi) is 7.44. The van der Waals surface area contributed by atoms with Crippen LogP contribution in [0.15, 0.2) is 0 Å². The molecule has 0 radical (unpaired) electrons. The zero-order valence-electron chi connectivity index (χ0n) is 15.6. The molecule has 0 saturated carbocycles. The molecule has 0 unspecified atom stereocenters. The lowest BCUT2D eigenvalue weighted by Crippen LogP contribution is -2.36. The van der Waals surface area contributed by atoms with Gasteiger partial charge in [-0.25, -0.2) is 9.59 Å². The summed E-state index contributed by atoms with van der Waals surface area (Å²) < 4.78 is 10.2. The minimum Gasteiger partial charge on any atom is -0.462 e. The third-order valence-electron chi connectivity index (χ3n) is 4.07. The van der Waals surface area contributed by atoms with E-state index in [2.05, 4.69) is 5.32 Å². The molecular formula is C18H26N2O5S. The average molecular weight is 382 g/mol. The van der Waals surface area contributed by atoms with Crippen LogP contribution in [0.4, 0.5) is 9.80 Å². The number of ether oxygens (including phenoxy) is 2. The number of nitrogens with one attached hydrogen (secondary N) is 1. The molecule has 1 N–H and O–H groups in total. The Bertz CT molecular complexity index is 671. The maximum absolute atomic E-state index is 12.4. The molecule has 2 amide bonds. The second-order valence-electron chi connectivity index (χ2n) is 5.95. The molecule has 0 saturated heterocycles. The topological polar surface area (TPSA) is 84.9 Å². The predicted molar refractivity (Wildman–Crippen MR) is 99.6 cm³/mol. The summed E-state index contributed by atoms with van der Waals surface area (Å²) in [5.74, 6) is -0.543. The van der Waals surface area contributed by atoms with E-state index in [9.17, 15) is 14.4 Å². The van der Waals surface area contributed by atoms with Crippen LogP contribution in [0.3, 0.4) is 0 Å². The smallest absolute Gasteiger partial charge is 0.410 e. The first-order valence-electron chi connectivity index (χ1n) is 9.04. The van der Waals surface area contributed by atoms with Gasteiger partial charge in [-0.1, -0.05) is 13.3 Å². The number of nitrogens with zero attached hydrogens (tertiary/aromatic N) is 1. The number of esters is 1. The van der Waals surface area contributed by atoms with E-state index in [1.54, 1.807) is 18.7 Å². The van der Waals surface area contributed by atoms with Gasteiger partial charge in [0.25, 0.3) is 0 Å². The summed E-state index contributed by atoms with van der Waals surface area (Å²) in [5.41, 5.74) is 1.29. The van der Waals surface area contributed by atoms with E-state index in [-0.39, 0.29) is 18.6 Å². The Morgan fingerprint density at radius 2 is 1.88 bits per heavy atom. The highest BCUT2D eigenvalue weighted by atomic mass is 32.1. The van der Waals surface area contributed by atoms with Crippen LogP contribution in [0.1, 0.15) is 60.8 Å². The minimum atomic E-state index is -0.430. The summed E-state index contributed by atoms with van der Waals surface area (Å²) in [7, 11) is 0. The predicted octanol–water partition coefficient (Wildman–Crippen LogP) is 3.57. The number of amides is 2. The number of fused-ring (bicyclic) bond motifs is 1. The van der Waals surface area contributed by atoms with E-state index in [1.165, 1.54) is 11.3 Å². The Morgan fingerprint density at radius 1 is 1.15 bits per heavy atom.